The molecule has 0 saturated heterocycles. The molecule has 1 rings (SSSR count). The Morgan fingerprint density at radius 1 is 1.42 bits per heavy atom. The summed E-state index contributed by atoms with van der Waals surface area (Å²) in [5.41, 5.74) is 1.84. The Hall–Kier alpha value is -2.09. The Kier molecular flexibility index (Phi) is 6.37. The van der Waals surface area contributed by atoms with Gasteiger partial charge in [-0.05, 0) is 6.92 Å². The van der Waals surface area contributed by atoms with Crippen LogP contribution in [0.3, 0.4) is 0 Å². The first kappa shape index (κ1) is 15.0. The van der Waals surface area contributed by atoms with Gasteiger partial charge in [0.05, 0.1) is 25.8 Å². The molecular weight excluding hydrogens is 252 g/mol. The molecule has 1 aromatic heterocycles. The number of nitrogens with zero attached hydrogens (tertiary/aromatic N) is 1. The van der Waals surface area contributed by atoms with Crippen molar-refractivity contribution >= 4 is 12.0 Å². The number of urea groups is 1. The van der Waals surface area contributed by atoms with E-state index in [1.54, 1.807) is 6.20 Å². The topological polar surface area (TPSA) is 116 Å². The van der Waals surface area contributed by atoms with Gasteiger partial charge in [0, 0.05) is 24.3 Å². The Balaban J connectivity index is 2.02. The highest BCUT2D eigenvalue weighted by molar-refractivity contribution is 5.73. The maximum absolute atomic E-state index is 11.4. The standard InChI is InChI=1S/C11H18N4O4/c1-8-9(7-14-15-8)6-13-11(18)12-3-5-19-4-2-10(16)17/h7H,2-6H2,1H3,(H,14,15)(H,16,17)(H2,12,13,18). The molecule has 4 N–H and O–H groups in total. The Labute approximate surface area is 110 Å². The Morgan fingerprint density at radius 3 is 2.84 bits per heavy atom. The fraction of sp³-hybridized carbons (Fsp3) is 0.545. The molecule has 19 heavy (non-hydrogen) atoms. The zero-order valence-electron chi connectivity index (χ0n) is 10.7. The average Bonchev–Trinajstić information content (AvgIpc) is 2.76. The summed E-state index contributed by atoms with van der Waals surface area (Å²) in [5, 5.41) is 20.3. The van der Waals surface area contributed by atoms with Gasteiger partial charge in [0.15, 0.2) is 0 Å². The lowest BCUT2D eigenvalue weighted by Crippen LogP contribution is -2.37. The van der Waals surface area contributed by atoms with Crippen LogP contribution in [0.1, 0.15) is 17.7 Å². The van der Waals surface area contributed by atoms with E-state index in [0.29, 0.717) is 13.1 Å². The van der Waals surface area contributed by atoms with Gasteiger partial charge in [-0.25, -0.2) is 4.79 Å². The summed E-state index contributed by atoms with van der Waals surface area (Å²) in [6.07, 6.45) is 1.62. The maximum Gasteiger partial charge on any atom is 0.315 e. The first-order valence-electron chi connectivity index (χ1n) is 5.89. The predicted molar refractivity (Wildman–Crippen MR) is 66.6 cm³/mol. The molecular formula is C11H18N4O4. The van der Waals surface area contributed by atoms with Gasteiger partial charge >= 0.3 is 12.0 Å². The van der Waals surface area contributed by atoms with E-state index in [0.717, 1.165) is 11.3 Å². The molecule has 0 unspecified atom stereocenters. The number of carbonyl (C=O) groups is 2. The van der Waals surface area contributed by atoms with Crippen LogP contribution < -0.4 is 10.6 Å². The van der Waals surface area contributed by atoms with Crippen molar-refractivity contribution in [1.82, 2.24) is 20.8 Å². The molecule has 0 bridgehead atoms. The van der Waals surface area contributed by atoms with Crippen molar-refractivity contribution in [3.05, 3.63) is 17.5 Å². The zero-order valence-corrected chi connectivity index (χ0v) is 10.7. The second-order valence-corrected chi connectivity index (χ2v) is 3.89. The molecule has 1 heterocycles. The van der Waals surface area contributed by atoms with E-state index >= 15 is 0 Å². The number of aliphatic carboxylic acids is 1. The second-order valence-electron chi connectivity index (χ2n) is 3.89. The van der Waals surface area contributed by atoms with Gasteiger partial charge < -0.3 is 20.5 Å². The minimum Gasteiger partial charge on any atom is -0.481 e. The van der Waals surface area contributed by atoms with Crippen molar-refractivity contribution in [2.24, 2.45) is 0 Å². The molecule has 0 atom stereocenters. The van der Waals surface area contributed by atoms with E-state index in [1.165, 1.54) is 0 Å². The van der Waals surface area contributed by atoms with Crippen LogP contribution in [-0.2, 0) is 16.1 Å². The molecule has 0 aliphatic heterocycles. The number of carboxylic acid groups (broad SMARTS) is 1. The number of aryl methyl sites for hydroxylation is 1. The third kappa shape index (κ3) is 6.41. The van der Waals surface area contributed by atoms with E-state index in [-0.39, 0.29) is 25.7 Å². The van der Waals surface area contributed by atoms with Crippen molar-refractivity contribution in [1.29, 1.82) is 0 Å². The highest BCUT2D eigenvalue weighted by atomic mass is 16.5. The first-order chi connectivity index (χ1) is 9.09. The summed E-state index contributed by atoms with van der Waals surface area (Å²) in [6, 6.07) is -0.303. The molecule has 0 fully saturated rings. The van der Waals surface area contributed by atoms with Crippen LogP contribution >= 0.6 is 0 Å². The fourth-order valence-electron chi connectivity index (χ4n) is 1.29. The summed E-state index contributed by atoms with van der Waals surface area (Å²) in [5.74, 6) is -0.902. The number of carboxylic acids is 1. The van der Waals surface area contributed by atoms with E-state index in [4.69, 9.17) is 9.84 Å². The van der Waals surface area contributed by atoms with Crippen molar-refractivity contribution in [2.45, 2.75) is 19.9 Å². The van der Waals surface area contributed by atoms with Crippen LogP contribution in [0, 0.1) is 6.92 Å². The van der Waals surface area contributed by atoms with Crippen LogP contribution in [0.2, 0.25) is 0 Å². The lowest BCUT2D eigenvalue weighted by Gasteiger charge is -2.07. The molecule has 8 nitrogen and oxygen atoms in total. The molecule has 0 radical (unpaired) electrons. The van der Waals surface area contributed by atoms with Crippen LogP contribution in [0.5, 0.6) is 0 Å². The van der Waals surface area contributed by atoms with Crippen LogP contribution in [-0.4, -0.2) is 47.1 Å². The number of rotatable bonds is 8. The van der Waals surface area contributed by atoms with E-state index in [1.807, 2.05) is 6.92 Å². The van der Waals surface area contributed by atoms with Gasteiger partial charge in [-0.1, -0.05) is 0 Å². The highest BCUT2D eigenvalue weighted by Gasteiger charge is 2.03. The SMILES string of the molecule is Cc1[nH]ncc1CNC(=O)NCCOCCC(=O)O. The number of carbonyl (C=O) groups excluding carboxylic acids is 1. The molecule has 0 aliphatic carbocycles. The number of hydrogen-bond acceptors (Lipinski definition) is 4. The van der Waals surface area contributed by atoms with Crippen LogP contribution in [0.25, 0.3) is 0 Å². The summed E-state index contributed by atoms with van der Waals surface area (Å²) in [7, 11) is 0. The number of amides is 2. The van der Waals surface area contributed by atoms with Gasteiger partial charge in [0.1, 0.15) is 0 Å². The smallest absolute Gasteiger partial charge is 0.315 e. The van der Waals surface area contributed by atoms with Crippen molar-refractivity contribution < 1.29 is 19.4 Å². The first-order valence-corrected chi connectivity index (χ1v) is 5.89. The number of aromatic amines is 1. The third-order valence-electron chi connectivity index (χ3n) is 2.37. The molecule has 0 aliphatic rings. The van der Waals surface area contributed by atoms with Crippen molar-refractivity contribution in [3.8, 4) is 0 Å². The van der Waals surface area contributed by atoms with Crippen LogP contribution in [0.4, 0.5) is 4.79 Å². The maximum atomic E-state index is 11.4. The van der Waals surface area contributed by atoms with Gasteiger partial charge in [0.25, 0.3) is 0 Å². The second kappa shape index (κ2) is 8.09. The molecule has 106 valence electrons. The van der Waals surface area contributed by atoms with E-state index < -0.39 is 5.97 Å². The van der Waals surface area contributed by atoms with Crippen molar-refractivity contribution in [3.63, 3.8) is 0 Å². The summed E-state index contributed by atoms with van der Waals surface area (Å²) >= 11 is 0. The quantitative estimate of drug-likeness (QED) is 0.496. The normalized spacial score (nSPS) is 10.2. The number of hydrogen-bond donors (Lipinski definition) is 4. The lowest BCUT2D eigenvalue weighted by molar-refractivity contribution is -0.138. The number of H-pyrrole nitrogens is 1. The van der Waals surface area contributed by atoms with Gasteiger partial charge in [-0.15, -0.1) is 0 Å². The van der Waals surface area contributed by atoms with Gasteiger partial charge in [-0.2, -0.15) is 5.10 Å². The summed E-state index contributed by atoms with van der Waals surface area (Å²) in [4.78, 5) is 21.6. The molecule has 8 heteroatoms. The van der Waals surface area contributed by atoms with E-state index in [9.17, 15) is 9.59 Å². The summed E-state index contributed by atoms with van der Waals surface area (Å²) in [6.45, 7) is 3.03. The largest absolute Gasteiger partial charge is 0.481 e. The zero-order chi connectivity index (χ0) is 14.1. The fourth-order valence-corrected chi connectivity index (χ4v) is 1.29. The van der Waals surface area contributed by atoms with Gasteiger partial charge in [0.2, 0.25) is 0 Å². The molecule has 1 aromatic rings. The monoisotopic (exact) mass is 270 g/mol. The Bertz CT molecular complexity index is 419. The number of aromatic nitrogens is 2. The molecule has 0 aromatic carbocycles. The highest BCUT2D eigenvalue weighted by Crippen LogP contribution is 2.00. The predicted octanol–water partition coefficient (Wildman–Crippen LogP) is 0.00862. The number of ether oxygens (including phenoxy) is 1. The van der Waals surface area contributed by atoms with E-state index in [2.05, 4.69) is 20.8 Å². The lowest BCUT2D eigenvalue weighted by atomic mass is 10.3. The number of nitrogens with one attached hydrogen (secondary N) is 3. The minimum absolute atomic E-state index is 0.0358. The molecule has 0 saturated carbocycles. The third-order valence-corrected chi connectivity index (χ3v) is 2.37. The minimum atomic E-state index is -0.902. The summed E-state index contributed by atoms with van der Waals surface area (Å²) < 4.78 is 5.03. The molecule has 0 spiro atoms. The average molecular weight is 270 g/mol. The molecule has 2 amide bonds. The van der Waals surface area contributed by atoms with Crippen LogP contribution in [0.15, 0.2) is 6.20 Å². The van der Waals surface area contributed by atoms with Crippen molar-refractivity contribution in [2.75, 3.05) is 19.8 Å². The Morgan fingerprint density at radius 2 is 2.21 bits per heavy atom. The van der Waals surface area contributed by atoms with Gasteiger partial charge in [-0.3, -0.25) is 9.89 Å².